The van der Waals surface area contributed by atoms with Gasteiger partial charge in [0.05, 0.1) is 18.8 Å². The number of alkyl halides is 1. The summed E-state index contributed by atoms with van der Waals surface area (Å²) in [4.78, 5) is 0. The van der Waals surface area contributed by atoms with Gasteiger partial charge < -0.3 is 10.1 Å². The van der Waals surface area contributed by atoms with E-state index in [0.29, 0.717) is 18.6 Å². The van der Waals surface area contributed by atoms with Gasteiger partial charge in [-0.1, -0.05) is 37.3 Å². The summed E-state index contributed by atoms with van der Waals surface area (Å²) in [5, 5.41) is 3.53. The molecule has 1 fully saturated rings. The van der Waals surface area contributed by atoms with E-state index < -0.39 is 0 Å². The Kier molecular flexibility index (Phi) is 4.46. The Morgan fingerprint density at radius 3 is 2.84 bits per heavy atom. The molecule has 4 heteroatoms. The third-order valence-electron chi connectivity index (χ3n) is 5.61. The molecule has 1 saturated heterocycles. The van der Waals surface area contributed by atoms with Crippen molar-refractivity contribution in [1.82, 2.24) is 0 Å². The SMILES string of the molecule is CC(CCF)c1ccc2c(c1)C1OCCC1C(c1ccccc1F)N2. The number of halogens is 2. The van der Waals surface area contributed by atoms with Gasteiger partial charge in [-0.05, 0) is 36.5 Å². The first-order valence-electron chi connectivity index (χ1n) is 9.01. The average Bonchev–Trinajstić information content (AvgIpc) is 3.11. The summed E-state index contributed by atoms with van der Waals surface area (Å²) >= 11 is 0. The molecule has 2 aromatic rings. The maximum atomic E-state index is 14.3. The molecule has 0 aliphatic carbocycles. The van der Waals surface area contributed by atoms with Gasteiger partial charge in [-0.2, -0.15) is 0 Å². The fourth-order valence-electron chi connectivity index (χ4n) is 4.16. The zero-order valence-corrected chi connectivity index (χ0v) is 14.3. The molecule has 0 amide bonds. The molecule has 4 atom stereocenters. The Hall–Kier alpha value is -1.94. The summed E-state index contributed by atoms with van der Waals surface area (Å²) in [5.74, 6) is 0.206. The summed E-state index contributed by atoms with van der Waals surface area (Å²) in [5.41, 5.74) is 3.95. The van der Waals surface area contributed by atoms with E-state index in [1.165, 1.54) is 6.07 Å². The van der Waals surface area contributed by atoms with Crippen molar-refractivity contribution in [3.8, 4) is 0 Å². The van der Waals surface area contributed by atoms with Gasteiger partial charge in [0.1, 0.15) is 5.82 Å². The van der Waals surface area contributed by atoms with Crippen LogP contribution in [-0.4, -0.2) is 13.3 Å². The Morgan fingerprint density at radius 1 is 1.20 bits per heavy atom. The summed E-state index contributed by atoms with van der Waals surface area (Å²) in [6.45, 7) is 2.42. The van der Waals surface area contributed by atoms with Crippen LogP contribution in [0.2, 0.25) is 0 Å². The first kappa shape index (κ1) is 16.5. The molecule has 0 aromatic heterocycles. The predicted octanol–water partition coefficient (Wildman–Crippen LogP) is 5.53. The van der Waals surface area contributed by atoms with Crippen LogP contribution >= 0.6 is 0 Å². The molecule has 0 spiro atoms. The largest absolute Gasteiger partial charge is 0.377 e. The minimum atomic E-state index is -0.311. The standard InChI is InChI=1S/C21H23F2NO/c1-13(8-10-22)14-6-7-19-17(12-14)21-16(9-11-25-21)20(24-19)15-4-2-3-5-18(15)23/h2-7,12-13,16,20-21,24H,8-11H2,1H3. The van der Waals surface area contributed by atoms with Crippen LogP contribution in [-0.2, 0) is 4.74 Å². The number of ether oxygens (including phenoxy) is 1. The maximum Gasteiger partial charge on any atom is 0.128 e. The number of hydrogen-bond acceptors (Lipinski definition) is 2. The summed E-state index contributed by atoms with van der Waals surface area (Å²) in [7, 11) is 0. The molecular formula is C21H23F2NO. The van der Waals surface area contributed by atoms with Crippen LogP contribution in [0.5, 0.6) is 0 Å². The van der Waals surface area contributed by atoms with Crippen molar-refractivity contribution in [3.05, 3.63) is 65.0 Å². The Balaban J connectivity index is 1.72. The van der Waals surface area contributed by atoms with Gasteiger partial charge in [-0.15, -0.1) is 0 Å². The zero-order chi connectivity index (χ0) is 17.4. The van der Waals surface area contributed by atoms with Crippen LogP contribution in [0.4, 0.5) is 14.5 Å². The number of nitrogens with one attached hydrogen (secondary N) is 1. The molecule has 0 radical (unpaired) electrons. The second-order valence-electron chi connectivity index (χ2n) is 7.11. The second-order valence-corrected chi connectivity index (χ2v) is 7.11. The number of hydrogen-bond donors (Lipinski definition) is 1. The highest BCUT2D eigenvalue weighted by molar-refractivity contribution is 5.59. The van der Waals surface area contributed by atoms with E-state index in [2.05, 4.69) is 11.4 Å². The molecule has 2 heterocycles. The van der Waals surface area contributed by atoms with Crippen LogP contribution in [0.3, 0.4) is 0 Å². The molecule has 25 heavy (non-hydrogen) atoms. The maximum absolute atomic E-state index is 14.3. The molecule has 0 bridgehead atoms. The van der Waals surface area contributed by atoms with Crippen LogP contribution in [0.15, 0.2) is 42.5 Å². The van der Waals surface area contributed by atoms with Crippen molar-refractivity contribution in [3.63, 3.8) is 0 Å². The van der Waals surface area contributed by atoms with Crippen LogP contribution < -0.4 is 5.32 Å². The van der Waals surface area contributed by atoms with E-state index in [1.807, 2.05) is 31.2 Å². The Bertz CT molecular complexity index is 763. The van der Waals surface area contributed by atoms with E-state index in [0.717, 1.165) is 23.2 Å². The molecule has 132 valence electrons. The topological polar surface area (TPSA) is 21.3 Å². The molecule has 4 rings (SSSR count). The lowest BCUT2D eigenvalue weighted by Gasteiger charge is -2.37. The lowest BCUT2D eigenvalue weighted by atomic mass is 9.80. The first-order chi connectivity index (χ1) is 12.2. The fourth-order valence-corrected chi connectivity index (χ4v) is 4.16. The molecular weight excluding hydrogens is 320 g/mol. The minimum absolute atomic E-state index is 0.0293. The fraction of sp³-hybridized carbons (Fsp3) is 0.429. The van der Waals surface area contributed by atoms with Crippen LogP contribution in [0, 0.1) is 11.7 Å². The lowest BCUT2D eigenvalue weighted by Crippen LogP contribution is -2.30. The van der Waals surface area contributed by atoms with E-state index in [-0.39, 0.29) is 36.5 Å². The summed E-state index contributed by atoms with van der Waals surface area (Å²) < 4.78 is 33.1. The molecule has 0 saturated carbocycles. The van der Waals surface area contributed by atoms with Gasteiger partial charge in [0.2, 0.25) is 0 Å². The van der Waals surface area contributed by atoms with Gasteiger partial charge in [0, 0.05) is 29.3 Å². The van der Waals surface area contributed by atoms with Crippen molar-refractivity contribution >= 4 is 5.69 Å². The van der Waals surface area contributed by atoms with Gasteiger partial charge in [-0.25, -0.2) is 4.39 Å². The van der Waals surface area contributed by atoms with Gasteiger partial charge in [0.25, 0.3) is 0 Å². The van der Waals surface area contributed by atoms with Crippen molar-refractivity contribution in [2.75, 3.05) is 18.6 Å². The third-order valence-corrected chi connectivity index (χ3v) is 5.61. The highest BCUT2D eigenvalue weighted by atomic mass is 19.1. The Morgan fingerprint density at radius 2 is 2.04 bits per heavy atom. The quantitative estimate of drug-likeness (QED) is 0.788. The number of benzene rings is 2. The Labute approximate surface area is 147 Å². The normalized spacial score (nSPS) is 25.8. The highest BCUT2D eigenvalue weighted by Crippen LogP contribution is 2.50. The van der Waals surface area contributed by atoms with Crippen molar-refractivity contribution in [2.45, 2.75) is 37.8 Å². The van der Waals surface area contributed by atoms with Crippen LogP contribution in [0.1, 0.15) is 54.5 Å². The number of anilines is 1. The monoisotopic (exact) mass is 343 g/mol. The smallest absolute Gasteiger partial charge is 0.128 e. The van der Waals surface area contributed by atoms with Gasteiger partial charge in [-0.3, -0.25) is 4.39 Å². The summed E-state index contributed by atoms with van der Waals surface area (Å²) in [6, 6.07) is 13.1. The molecule has 2 aliphatic heterocycles. The zero-order valence-electron chi connectivity index (χ0n) is 14.3. The third kappa shape index (κ3) is 2.93. The second kappa shape index (κ2) is 6.75. The van der Waals surface area contributed by atoms with E-state index >= 15 is 0 Å². The van der Waals surface area contributed by atoms with Crippen molar-refractivity contribution < 1.29 is 13.5 Å². The van der Waals surface area contributed by atoms with E-state index in [1.54, 1.807) is 6.07 Å². The van der Waals surface area contributed by atoms with Gasteiger partial charge in [0.15, 0.2) is 0 Å². The average molecular weight is 343 g/mol. The predicted molar refractivity (Wildman–Crippen MR) is 95.0 cm³/mol. The number of rotatable bonds is 4. The van der Waals surface area contributed by atoms with Crippen molar-refractivity contribution in [2.24, 2.45) is 5.92 Å². The lowest BCUT2D eigenvalue weighted by molar-refractivity contribution is 0.0825. The number of fused-ring (bicyclic) bond motifs is 3. The van der Waals surface area contributed by atoms with Gasteiger partial charge >= 0.3 is 0 Å². The minimum Gasteiger partial charge on any atom is -0.377 e. The first-order valence-corrected chi connectivity index (χ1v) is 9.01. The van der Waals surface area contributed by atoms with Crippen molar-refractivity contribution in [1.29, 1.82) is 0 Å². The molecule has 1 N–H and O–H groups in total. The molecule has 2 aliphatic rings. The molecule has 2 nitrogen and oxygen atoms in total. The van der Waals surface area contributed by atoms with E-state index in [9.17, 15) is 8.78 Å². The highest BCUT2D eigenvalue weighted by Gasteiger charge is 2.42. The van der Waals surface area contributed by atoms with Crippen LogP contribution in [0.25, 0.3) is 0 Å². The molecule has 4 unspecified atom stereocenters. The molecule has 2 aromatic carbocycles. The van der Waals surface area contributed by atoms with E-state index in [4.69, 9.17) is 4.74 Å². The summed E-state index contributed by atoms with van der Waals surface area (Å²) in [6.07, 6.45) is 1.40.